The van der Waals surface area contributed by atoms with Gasteiger partial charge < -0.3 is 9.47 Å². The molecule has 0 saturated heterocycles. The Morgan fingerprint density at radius 1 is 1.00 bits per heavy atom. The minimum atomic E-state index is -4.07. The number of benzene rings is 2. The first-order chi connectivity index (χ1) is 12.7. The van der Waals surface area contributed by atoms with Gasteiger partial charge in [-0.25, -0.2) is 27.1 Å². The zero-order chi connectivity index (χ0) is 20.2. The van der Waals surface area contributed by atoms with E-state index in [4.69, 9.17) is 0 Å². The van der Waals surface area contributed by atoms with Crippen LogP contribution in [0, 0.1) is 12.7 Å². The molecule has 0 bridgehead atoms. The van der Waals surface area contributed by atoms with Gasteiger partial charge in [-0.15, -0.1) is 0 Å². The van der Waals surface area contributed by atoms with Gasteiger partial charge in [-0.3, -0.25) is 0 Å². The molecule has 9 heteroatoms. The Morgan fingerprint density at radius 2 is 1.56 bits per heavy atom. The summed E-state index contributed by atoms with van der Waals surface area (Å²) in [5, 5.41) is 0. The lowest BCUT2D eigenvalue weighted by Gasteiger charge is -2.11. The monoisotopic (exact) mass is 395 g/mol. The molecule has 0 fully saturated rings. The second-order valence-electron chi connectivity index (χ2n) is 5.64. The third-order valence-electron chi connectivity index (χ3n) is 3.75. The quantitative estimate of drug-likeness (QED) is 0.753. The fourth-order valence-electron chi connectivity index (χ4n) is 2.30. The van der Waals surface area contributed by atoms with E-state index in [0.717, 1.165) is 26.4 Å². The molecule has 0 atom stereocenters. The van der Waals surface area contributed by atoms with Crippen LogP contribution in [-0.4, -0.2) is 34.6 Å². The lowest BCUT2D eigenvalue weighted by atomic mass is 10.1. The minimum Gasteiger partial charge on any atom is -0.465 e. The average Bonchev–Trinajstić information content (AvgIpc) is 2.67. The van der Waals surface area contributed by atoms with Crippen molar-refractivity contribution in [3.63, 3.8) is 0 Å². The summed E-state index contributed by atoms with van der Waals surface area (Å²) in [6, 6.07) is 7.58. The van der Waals surface area contributed by atoms with Crippen molar-refractivity contribution in [2.45, 2.75) is 18.4 Å². The van der Waals surface area contributed by atoms with Gasteiger partial charge in [0.15, 0.2) is 0 Å². The predicted octanol–water partition coefficient (Wildman–Crippen LogP) is 2.19. The molecule has 1 N–H and O–H groups in total. The fourth-order valence-corrected chi connectivity index (χ4v) is 3.39. The Hall–Kier alpha value is -2.78. The molecule has 2 aromatic carbocycles. The molecule has 0 aliphatic rings. The molecule has 0 amide bonds. The summed E-state index contributed by atoms with van der Waals surface area (Å²) in [7, 11) is -1.80. The lowest BCUT2D eigenvalue weighted by molar-refractivity contribution is 0.0598. The first-order valence-corrected chi connectivity index (χ1v) is 9.22. The number of ether oxygens (including phenoxy) is 2. The molecule has 0 aliphatic carbocycles. The molecule has 0 aliphatic heterocycles. The summed E-state index contributed by atoms with van der Waals surface area (Å²) in [6.45, 7) is 1.47. The van der Waals surface area contributed by atoms with E-state index in [2.05, 4.69) is 14.2 Å². The van der Waals surface area contributed by atoms with Crippen molar-refractivity contribution in [3.8, 4) is 0 Å². The molecule has 144 valence electrons. The zero-order valence-electron chi connectivity index (χ0n) is 14.9. The number of aryl methyl sites for hydroxylation is 1. The first kappa shape index (κ1) is 20.5. The molecule has 0 saturated carbocycles. The third-order valence-corrected chi connectivity index (χ3v) is 5.13. The molecule has 0 unspecified atom stereocenters. The van der Waals surface area contributed by atoms with E-state index >= 15 is 0 Å². The van der Waals surface area contributed by atoms with E-state index in [-0.39, 0.29) is 22.6 Å². The van der Waals surface area contributed by atoms with Gasteiger partial charge in [0.2, 0.25) is 10.0 Å². The van der Waals surface area contributed by atoms with Crippen LogP contribution in [0.2, 0.25) is 0 Å². The highest BCUT2D eigenvalue weighted by Gasteiger charge is 2.21. The molecule has 2 aromatic rings. The molecular formula is C18H18FNO6S. The van der Waals surface area contributed by atoms with E-state index in [1.54, 1.807) is 6.92 Å². The molecule has 0 radical (unpaired) electrons. The number of hydrogen-bond acceptors (Lipinski definition) is 6. The Bertz CT molecular complexity index is 953. The number of hydrogen-bond donors (Lipinski definition) is 1. The number of halogens is 1. The molecular weight excluding hydrogens is 377 g/mol. The summed E-state index contributed by atoms with van der Waals surface area (Å²) in [5.74, 6) is -1.99. The van der Waals surface area contributed by atoms with Crippen LogP contribution < -0.4 is 4.72 Å². The number of carbonyl (C=O) groups is 2. The van der Waals surface area contributed by atoms with E-state index in [1.165, 1.54) is 24.3 Å². The van der Waals surface area contributed by atoms with Crippen molar-refractivity contribution in [1.29, 1.82) is 0 Å². The lowest BCUT2D eigenvalue weighted by Crippen LogP contribution is -2.24. The Balaban J connectivity index is 2.36. The summed E-state index contributed by atoms with van der Waals surface area (Å²) < 4.78 is 50.0. The Morgan fingerprint density at radius 3 is 2.04 bits per heavy atom. The summed E-state index contributed by atoms with van der Waals surface area (Å²) in [5.41, 5.74) is 0.707. The van der Waals surface area contributed by atoms with Gasteiger partial charge >= 0.3 is 11.9 Å². The van der Waals surface area contributed by atoms with Crippen molar-refractivity contribution >= 4 is 22.0 Å². The highest BCUT2D eigenvalue weighted by Crippen LogP contribution is 2.18. The largest absolute Gasteiger partial charge is 0.465 e. The fraction of sp³-hybridized carbons (Fsp3) is 0.222. The number of rotatable bonds is 6. The topological polar surface area (TPSA) is 98.8 Å². The molecule has 0 aromatic heterocycles. The molecule has 0 spiro atoms. The predicted molar refractivity (Wildman–Crippen MR) is 94.3 cm³/mol. The van der Waals surface area contributed by atoms with Crippen molar-refractivity contribution < 1.29 is 31.9 Å². The summed E-state index contributed by atoms with van der Waals surface area (Å²) in [6.07, 6.45) is 0. The standard InChI is InChI=1S/C18H18FNO6S/c1-11-6-12(4-5-16(11)19)10-20-27(23,24)15-8-13(17(21)25-2)7-14(9-15)18(22)26-3/h4-9,20H,10H2,1-3H3. The van der Waals surface area contributed by atoms with Crippen LogP contribution in [0.1, 0.15) is 31.8 Å². The van der Waals surface area contributed by atoms with E-state index in [1.807, 2.05) is 0 Å². The van der Waals surface area contributed by atoms with Crippen LogP contribution in [0.3, 0.4) is 0 Å². The van der Waals surface area contributed by atoms with Crippen LogP contribution in [0.15, 0.2) is 41.3 Å². The van der Waals surface area contributed by atoms with Crippen molar-refractivity contribution in [1.82, 2.24) is 4.72 Å². The van der Waals surface area contributed by atoms with E-state index in [9.17, 15) is 22.4 Å². The summed E-state index contributed by atoms with van der Waals surface area (Å²) in [4.78, 5) is 23.3. The van der Waals surface area contributed by atoms with Crippen LogP contribution in [0.25, 0.3) is 0 Å². The maximum absolute atomic E-state index is 13.3. The van der Waals surface area contributed by atoms with Gasteiger partial charge in [-0.05, 0) is 42.3 Å². The zero-order valence-corrected chi connectivity index (χ0v) is 15.7. The second kappa shape index (κ2) is 8.28. The Kier molecular flexibility index (Phi) is 6.29. The van der Waals surface area contributed by atoms with Crippen LogP contribution in [0.4, 0.5) is 4.39 Å². The highest BCUT2D eigenvalue weighted by molar-refractivity contribution is 7.89. The average molecular weight is 395 g/mol. The molecule has 2 rings (SSSR count). The maximum atomic E-state index is 13.3. The van der Waals surface area contributed by atoms with E-state index < -0.39 is 27.8 Å². The third kappa shape index (κ3) is 4.89. The van der Waals surface area contributed by atoms with Gasteiger partial charge in [-0.2, -0.15) is 0 Å². The highest BCUT2D eigenvalue weighted by atomic mass is 32.2. The van der Waals surface area contributed by atoms with Crippen molar-refractivity contribution in [2.75, 3.05) is 14.2 Å². The maximum Gasteiger partial charge on any atom is 0.337 e. The number of sulfonamides is 1. The van der Waals surface area contributed by atoms with Crippen LogP contribution in [-0.2, 0) is 26.0 Å². The van der Waals surface area contributed by atoms with E-state index in [0.29, 0.717) is 11.1 Å². The molecule has 7 nitrogen and oxygen atoms in total. The molecule has 0 heterocycles. The van der Waals surface area contributed by atoms with Gasteiger partial charge in [-0.1, -0.05) is 12.1 Å². The number of methoxy groups -OCH3 is 2. The first-order valence-electron chi connectivity index (χ1n) is 7.74. The second-order valence-corrected chi connectivity index (χ2v) is 7.40. The minimum absolute atomic E-state index is 0.0978. The van der Waals surface area contributed by atoms with Gasteiger partial charge in [0.25, 0.3) is 0 Å². The number of nitrogens with one attached hydrogen (secondary N) is 1. The van der Waals surface area contributed by atoms with Crippen molar-refractivity contribution in [2.24, 2.45) is 0 Å². The number of esters is 2. The molecule has 27 heavy (non-hydrogen) atoms. The smallest absolute Gasteiger partial charge is 0.337 e. The Labute approximate surface area is 156 Å². The van der Waals surface area contributed by atoms with Crippen LogP contribution in [0.5, 0.6) is 0 Å². The summed E-state index contributed by atoms with van der Waals surface area (Å²) >= 11 is 0. The normalized spacial score (nSPS) is 11.1. The number of carbonyl (C=O) groups excluding carboxylic acids is 2. The van der Waals surface area contributed by atoms with Gasteiger partial charge in [0.1, 0.15) is 5.82 Å². The van der Waals surface area contributed by atoms with Gasteiger partial charge in [0.05, 0.1) is 30.2 Å². The van der Waals surface area contributed by atoms with Gasteiger partial charge in [0, 0.05) is 6.54 Å². The SMILES string of the molecule is COC(=O)c1cc(C(=O)OC)cc(S(=O)(=O)NCc2ccc(F)c(C)c2)c1. The van der Waals surface area contributed by atoms with Crippen LogP contribution >= 0.6 is 0 Å². The van der Waals surface area contributed by atoms with Crippen molar-refractivity contribution in [3.05, 3.63) is 64.5 Å².